The van der Waals surface area contributed by atoms with E-state index in [9.17, 15) is 0 Å². The normalized spacial score (nSPS) is 15.1. The predicted molar refractivity (Wildman–Crippen MR) is 125 cm³/mol. The molecule has 0 unspecified atom stereocenters. The zero-order chi connectivity index (χ0) is 22.1. The molecular formula is C24H28N8. The molecule has 164 valence electrons. The molecule has 0 bridgehead atoms. The molecule has 32 heavy (non-hydrogen) atoms. The first-order chi connectivity index (χ1) is 15.6. The minimum absolute atomic E-state index is 0.534. The van der Waals surface area contributed by atoms with Crippen LogP contribution in [-0.2, 0) is 13.6 Å². The van der Waals surface area contributed by atoms with Crippen LogP contribution in [0.2, 0.25) is 0 Å². The van der Waals surface area contributed by atoms with Gasteiger partial charge in [0.05, 0.1) is 18.1 Å². The van der Waals surface area contributed by atoms with Gasteiger partial charge in [-0.25, -0.2) is 0 Å². The van der Waals surface area contributed by atoms with E-state index < -0.39 is 0 Å². The molecule has 1 aliphatic heterocycles. The highest BCUT2D eigenvalue weighted by molar-refractivity contribution is 5.99. The maximum atomic E-state index is 4.68. The Labute approximate surface area is 187 Å². The fourth-order valence-corrected chi connectivity index (χ4v) is 4.61. The van der Waals surface area contributed by atoms with Crippen molar-refractivity contribution < 1.29 is 0 Å². The van der Waals surface area contributed by atoms with Crippen LogP contribution < -0.4 is 4.90 Å². The second-order valence-electron chi connectivity index (χ2n) is 8.59. The summed E-state index contributed by atoms with van der Waals surface area (Å²) in [6.07, 6.45) is 7.70. The Morgan fingerprint density at radius 3 is 2.47 bits per heavy atom. The van der Waals surface area contributed by atoms with E-state index in [0.29, 0.717) is 6.04 Å². The smallest absolute Gasteiger partial charge is 0.159 e. The van der Waals surface area contributed by atoms with Gasteiger partial charge in [0, 0.05) is 49.7 Å². The van der Waals surface area contributed by atoms with E-state index in [0.717, 1.165) is 60.5 Å². The third kappa shape index (κ3) is 3.82. The summed E-state index contributed by atoms with van der Waals surface area (Å²) in [5, 5.41) is 23.9. The molecule has 1 aromatic carbocycles. The van der Waals surface area contributed by atoms with Crippen molar-refractivity contribution in [2.45, 2.75) is 32.4 Å². The zero-order valence-corrected chi connectivity index (χ0v) is 18.8. The number of rotatable bonds is 5. The molecule has 0 aliphatic carbocycles. The van der Waals surface area contributed by atoms with Crippen molar-refractivity contribution in [2.24, 2.45) is 7.05 Å². The van der Waals surface area contributed by atoms with E-state index in [1.807, 2.05) is 30.2 Å². The van der Waals surface area contributed by atoms with Crippen LogP contribution in [0.5, 0.6) is 0 Å². The Bertz CT molecular complexity index is 1230. The first kappa shape index (κ1) is 20.5. The van der Waals surface area contributed by atoms with Crippen LogP contribution in [0.15, 0.2) is 48.9 Å². The lowest BCUT2D eigenvalue weighted by atomic mass is 10.0. The predicted octanol–water partition coefficient (Wildman–Crippen LogP) is 3.23. The van der Waals surface area contributed by atoms with E-state index in [4.69, 9.17) is 0 Å². The molecule has 3 aromatic heterocycles. The van der Waals surface area contributed by atoms with E-state index in [-0.39, 0.29) is 0 Å². The number of benzene rings is 1. The molecule has 0 amide bonds. The van der Waals surface area contributed by atoms with Gasteiger partial charge in [-0.3, -0.25) is 9.58 Å². The number of aromatic nitrogens is 6. The average Bonchev–Trinajstić information content (AvgIpc) is 3.25. The Hall–Kier alpha value is -3.39. The standard InChI is InChI=1S/C24H28N8/c1-17-14-25-26-15-18(17)16-30(2)19-9-12-32(13-10-19)24-21-7-5-4-6-20(21)23(28-29-24)22-8-11-27-31(22)3/h4-8,11,14-15,19H,9-10,12-13,16H2,1-3H3. The van der Waals surface area contributed by atoms with Crippen LogP contribution in [-0.4, -0.2) is 61.3 Å². The van der Waals surface area contributed by atoms with Crippen LogP contribution in [0.4, 0.5) is 5.82 Å². The highest BCUT2D eigenvalue weighted by Crippen LogP contribution is 2.32. The number of nitrogens with zero attached hydrogens (tertiary/aromatic N) is 8. The highest BCUT2D eigenvalue weighted by Gasteiger charge is 2.25. The van der Waals surface area contributed by atoms with Crippen molar-refractivity contribution in [2.75, 3.05) is 25.0 Å². The van der Waals surface area contributed by atoms with E-state index in [2.05, 4.69) is 73.5 Å². The van der Waals surface area contributed by atoms with Gasteiger partial charge in [0.15, 0.2) is 5.82 Å². The number of hydrogen-bond donors (Lipinski definition) is 0. The van der Waals surface area contributed by atoms with Crippen LogP contribution in [0.3, 0.4) is 0 Å². The molecule has 4 aromatic rings. The summed E-state index contributed by atoms with van der Waals surface area (Å²) in [6.45, 7) is 4.92. The quantitative estimate of drug-likeness (QED) is 0.483. The molecule has 0 spiro atoms. The van der Waals surface area contributed by atoms with Crippen molar-refractivity contribution >= 4 is 16.6 Å². The zero-order valence-electron chi connectivity index (χ0n) is 18.8. The average molecular weight is 429 g/mol. The molecule has 0 saturated carbocycles. The maximum Gasteiger partial charge on any atom is 0.159 e. The van der Waals surface area contributed by atoms with Crippen LogP contribution >= 0.6 is 0 Å². The maximum absolute atomic E-state index is 4.68. The Balaban J connectivity index is 1.34. The topological polar surface area (TPSA) is 75.9 Å². The van der Waals surface area contributed by atoms with Crippen molar-refractivity contribution in [3.63, 3.8) is 0 Å². The highest BCUT2D eigenvalue weighted by atomic mass is 15.3. The first-order valence-corrected chi connectivity index (χ1v) is 11.1. The van der Waals surface area contributed by atoms with Crippen LogP contribution in [0.25, 0.3) is 22.2 Å². The fourth-order valence-electron chi connectivity index (χ4n) is 4.61. The van der Waals surface area contributed by atoms with Crippen molar-refractivity contribution in [3.8, 4) is 11.4 Å². The third-order valence-corrected chi connectivity index (χ3v) is 6.58. The molecule has 8 heteroatoms. The summed E-state index contributed by atoms with van der Waals surface area (Å²) < 4.78 is 1.84. The Morgan fingerprint density at radius 2 is 1.75 bits per heavy atom. The summed E-state index contributed by atoms with van der Waals surface area (Å²) in [5.41, 5.74) is 4.29. The lowest BCUT2D eigenvalue weighted by Crippen LogP contribution is -2.43. The molecular weight excluding hydrogens is 400 g/mol. The summed E-state index contributed by atoms with van der Waals surface area (Å²) in [4.78, 5) is 4.82. The lowest BCUT2D eigenvalue weighted by Gasteiger charge is -2.37. The Morgan fingerprint density at radius 1 is 1.00 bits per heavy atom. The molecule has 0 atom stereocenters. The van der Waals surface area contributed by atoms with Crippen molar-refractivity contribution in [1.29, 1.82) is 0 Å². The van der Waals surface area contributed by atoms with E-state index in [1.54, 1.807) is 6.20 Å². The van der Waals surface area contributed by atoms with Gasteiger partial charge in [0.1, 0.15) is 5.69 Å². The Kier molecular flexibility index (Phi) is 5.53. The number of aryl methyl sites for hydroxylation is 2. The second-order valence-corrected chi connectivity index (χ2v) is 8.59. The molecule has 1 fully saturated rings. The molecule has 5 rings (SSSR count). The summed E-state index contributed by atoms with van der Waals surface area (Å²) in [5.74, 6) is 0.974. The van der Waals surface area contributed by atoms with E-state index in [1.165, 1.54) is 11.1 Å². The molecule has 0 N–H and O–H groups in total. The minimum atomic E-state index is 0.534. The first-order valence-electron chi connectivity index (χ1n) is 11.1. The monoisotopic (exact) mass is 428 g/mol. The largest absolute Gasteiger partial charge is 0.354 e. The third-order valence-electron chi connectivity index (χ3n) is 6.58. The van der Waals surface area contributed by atoms with Gasteiger partial charge in [-0.2, -0.15) is 15.3 Å². The van der Waals surface area contributed by atoms with Gasteiger partial charge in [-0.15, -0.1) is 10.2 Å². The second kappa shape index (κ2) is 8.63. The van der Waals surface area contributed by atoms with Crippen LogP contribution in [0, 0.1) is 6.92 Å². The SMILES string of the molecule is Cc1cnncc1CN(C)C1CCN(c2nnc(-c3ccnn3C)c3ccccc23)CC1. The summed E-state index contributed by atoms with van der Waals surface area (Å²) >= 11 is 0. The molecule has 1 aliphatic rings. The van der Waals surface area contributed by atoms with Crippen molar-refractivity contribution in [1.82, 2.24) is 35.1 Å². The number of fused-ring (bicyclic) bond motifs is 1. The molecule has 0 radical (unpaired) electrons. The van der Waals surface area contributed by atoms with Gasteiger partial charge in [-0.1, -0.05) is 24.3 Å². The summed E-state index contributed by atoms with van der Waals surface area (Å²) in [6, 6.07) is 10.9. The van der Waals surface area contributed by atoms with Gasteiger partial charge in [0.25, 0.3) is 0 Å². The summed E-state index contributed by atoms with van der Waals surface area (Å²) in [7, 11) is 4.14. The number of anilines is 1. The van der Waals surface area contributed by atoms with Gasteiger partial charge in [0.2, 0.25) is 0 Å². The van der Waals surface area contributed by atoms with Gasteiger partial charge >= 0.3 is 0 Å². The van der Waals surface area contributed by atoms with Gasteiger partial charge in [-0.05, 0) is 44.0 Å². The number of piperidine rings is 1. The number of hydrogen-bond acceptors (Lipinski definition) is 7. The molecule has 8 nitrogen and oxygen atoms in total. The van der Waals surface area contributed by atoms with Crippen molar-refractivity contribution in [3.05, 3.63) is 60.0 Å². The minimum Gasteiger partial charge on any atom is -0.354 e. The van der Waals surface area contributed by atoms with E-state index >= 15 is 0 Å². The van der Waals surface area contributed by atoms with Crippen LogP contribution in [0.1, 0.15) is 24.0 Å². The fraction of sp³-hybridized carbons (Fsp3) is 0.375. The van der Waals surface area contributed by atoms with Gasteiger partial charge < -0.3 is 4.90 Å². The lowest BCUT2D eigenvalue weighted by molar-refractivity contribution is 0.199. The molecule has 4 heterocycles. The molecule has 1 saturated heterocycles.